The Balaban J connectivity index is 4.81. The highest BCUT2D eigenvalue weighted by molar-refractivity contribution is 6.08. The molecule has 1 atom stereocenters. The predicted octanol–water partition coefficient (Wildman–Crippen LogP) is -0.550. The molecule has 0 aliphatic rings. The summed E-state index contributed by atoms with van der Waals surface area (Å²) in [6.45, 7) is 8.87. The number of nitrogens with two attached hydrogens (primary N) is 1. The maximum Gasteiger partial charge on any atom is 0.254 e. The van der Waals surface area contributed by atoms with E-state index in [1.165, 1.54) is 0 Å². The second kappa shape index (κ2) is 9.99. The van der Waals surface area contributed by atoms with Gasteiger partial charge in [-0.3, -0.25) is 5.32 Å². The summed E-state index contributed by atoms with van der Waals surface area (Å²) in [6, 6.07) is 0.950. The summed E-state index contributed by atoms with van der Waals surface area (Å²) in [5.74, 6) is -0.847. The Morgan fingerprint density at radius 1 is 1.18 bits per heavy atom. The van der Waals surface area contributed by atoms with Crippen LogP contribution in [0.15, 0.2) is 0 Å². The van der Waals surface area contributed by atoms with E-state index in [9.17, 15) is 0 Å². The molecule has 17 heavy (non-hydrogen) atoms. The van der Waals surface area contributed by atoms with E-state index in [4.69, 9.17) is 19.9 Å². The second-order valence-corrected chi connectivity index (χ2v) is 4.42. The molecule has 0 spiro atoms. The molecule has 0 aliphatic heterocycles. The Morgan fingerprint density at radius 3 is 2.12 bits per heavy atom. The van der Waals surface area contributed by atoms with Crippen LogP contribution in [-0.2, 0) is 14.2 Å². The van der Waals surface area contributed by atoms with Gasteiger partial charge in [0.1, 0.15) is 6.10 Å². The van der Waals surface area contributed by atoms with Gasteiger partial charge in [-0.15, -0.1) is 0 Å². The van der Waals surface area contributed by atoms with Crippen LogP contribution < -0.4 is 11.1 Å². The molecule has 0 saturated heterocycles. The van der Waals surface area contributed by atoms with Crippen LogP contribution in [0.2, 0.25) is 6.04 Å². The lowest BCUT2D eigenvalue weighted by Crippen LogP contribution is -2.60. The zero-order valence-corrected chi connectivity index (χ0v) is 13.6. The smallest absolute Gasteiger partial charge is 0.254 e. The fourth-order valence-electron chi connectivity index (χ4n) is 1.82. The van der Waals surface area contributed by atoms with Gasteiger partial charge in [-0.05, 0) is 26.8 Å². The van der Waals surface area contributed by atoms with Gasteiger partial charge in [-0.25, -0.2) is 0 Å². The fourth-order valence-corrected chi connectivity index (χ4v) is 2.59. The largest absolute Gasteiger partial charge is 0.372 e. The lowest BCUT2D eigenvalue weighted by Gasteiger charge is -2.39. The minimum atomic E-state index is -0.847. The van der Waals surface area contributed by atoms with Crippen molar-refractivity contribution in [3.63, 3.8) is 0 Å². The highest BCUT2D eigenvalue weighted by Crippen LogP contribution is 2.20. The minimum Gasteiger partial charge on any atom is -0.372 e. The molecule has 104 valence electrons. The molecular weight excluding hydrogens is 236 g/mol. The van der Waals surface area contributed by atoms with Crippen molar-refractivity contribution in [3.05, 3.63) is 0 Å². The monoisotopic (exact) mass is 264 g/mol. The van der Waals surface area contributed by atoms with Gasteiger partial charge in [0.15, 0.2) is 0 Å². The number of rotatable bonds is 11. The van der Waals surface area contributed by atoms with E-state index in [2.05, 4.69) is 5.32 Å². The van der Waals surface area contributed by atoms with E-state index in [0.29, 0.717) is 32.9 Å². The van der Waals surface area contributed by atoms with Crippen LogP contribution in [-0.4, -0.2) is 55.2 Å². The van der Waals surface area contributed by atoms with Gasteiger partial charge >= 0.3 is 0 Å². The first kappa shape index (κ1) is 17.0. The molecule has 0 bridgehead atoms. The van der Waals surface area contributed by atoms with Crippen molar-refractivity contribution < 1.29 is 14.2 Å². The third-order valence-corrected chi connectivity index (χ3v) is 3.14. The normalized spacial score (nSPS) is 14.1. The molecule has 6 heteroatoms. The summed E-state index contributed by atoms with van der Waals surface area (Å²) in [5, 5.41) is 3.25. The highest BCUT2D eigenvalue weighted by Gasteiger charge is 2.40. The molecule has 0 fully saturated rings. The van der Waals surface area contributed by atoms with Crippen molar-refractivity contribution in [2.45, 2.75) is 38.8 Å². The third kappa shape index (κ3) is 5.46. The van der Waals surface area contributed by atoms with Crippen LogP contribution in [0.3, 0.4) is 0 Å². The average molecular weight is 264 g/mol. The van der Waals surface area contributed by atoms with Gasteiger partial charge in [0, 0.05) is 43.2 Å². The van der Waals surface area contributed by atoms with E-state index in [0.717, 1.165) is 16.3 Å². The summed E-state index contributed by atoms with van der Waals surface area (Å²) < 4.78 is 17.3. The first-order valence-electron chi connectivity index (χ1n) is 6.55. The average Bonchev–Trinajstić information content (AvgIpc) is 2.33. The van der Waals surface area contributed by atoms with E-state index >= 15 is 0 Å². The fraction of sp³-hybridized carbons (Fsp3) is 1.00. The zero-order chi connectivity index (χ0) is 13.1. The predicted molar refractivity (Wildman–Crippen MR) is 73.2 cm³/mol. The molecule has 0 aromatic heterocycles. The standard InChI is InChI=1S/C11H28N2O3Si/c1-4-14-10(9-17)11(15-5-2,16-6-3)13-8-7-12/h10,13H,4-9,12H2,1-3,17H3. The molecule has 0 aliphatic carbocycles. The number of ether oxygens (including phenoxy) is 3. The quantitative estimate of drug-likeness (QED) is 0.387. The van der Waals surface area contributed by atoms with Crippen molar-refractivity contribution in [2.75, 3.05) is 32.9 Å². The van der Waals surface area contributed by atoms with Gasteiger partial charge in [0.25, 0.3) is 5.91 Å². The lowest BCUT2D eigenvalue weighted by molar-refractivity contribution is -0.301. The molecule has 1 unspecified atom stereocenters. The molecular formula is C11H28N2O3Si. The highest BCUT2D eigenvalue weighted by atomic mass is 28.1. The number of nitrogens with one attached hydrogen (secondary N) is 1. The van der Waals surface area contributed by atoms with E-state index in [1.807, 2.05) is 20.8 Å². The van der Waals surface area contributed by atoms with Crippen LogP contribution in [0.25, 0.3) is 0 Å². The maximum atomic E-state index is 5.79. The maximum absolute atomic E-state index is 5.79. The summed E-state index contributed by atoms with van der Waals surface area (Å²) >= 11 is 0. The van der Waals surface area contributed by atoms with Crippen LogP contribution >= 0.6 is 0 Å². The molecule has 0 amide bonds. The van der Waals surface area contributed by atoms with Crippen molar-refractivity contribution in [2.24, 2.45) is 5.73 Å². The Morgan fingerprint density at radius 2 is 1.76 bits per heavy atom. The van der Waals surface area contributed by atoms with E-state index in [-0.39, 0.29) is 6.10 Å². The molecule has 0 aromatic carbocycles. The molecule has 5 nitrogen and oxygen atoms in total. The zero-order valence-electron chi connectivity index (χ0n) is 11.6. The van der Waals surface area contributed by atoms with Crippen LogP contribution in [0.5, 0.6) is 0 Å². The SMILES string of the molecule is CCOC(C[SiH3])C(NCCN)(OCC)OCC. The Hall–Kier alpha value is 0.0169. The van der Waals surface area contributed by atoms with Gasteiger partial charge in [-0.2, -0.15) is 0 Å². The third-order valence-electron chi connectivity index (χ3n) is 2.40. The van der Waals surface area contributed by atoms with Gasteiger partial charge in [0.05, 0.1) is 0 Å². The van der Waals surface area contributed by atoms with Gasteiger partial charge in [0.2, 0.25) is 0 Å². The first-order valence-corrected chi connectivity index (χ1v) is 7.96. The van der Waals surface area contributed by atoms with Gasteiger partial charge < -0.3 is 19.9 Å². The summed E-state index contributed by atoms with van der Waals surface area (Å²) in [5.41, 5.74) is 5.54. The van der Waals surface area contributed by atoms with E-state index in [1.54, 1.807) is 0 Å². The summed E-state index contributed by atoms with van der Waals surface area (Å²) in [7, 11) is 1.03. The molecule has 0 rings (SSSR count). The van der Waals surface area contributed by atoms with Crippen LogP contribution in [0.4, 0.5) is 0 Å². The van der Waals surface area contributed by atoms with Crippen molar-refractivity contribution >= 4 is 10.2 Å². The van der Waals surface area contributed by atoms with Crippen molar-refractivity contribution in [1.29, 1.82) is 0 Å². The van der Waals surface area contributed by atoms with Crippen LogP contribution in [0.1, 0.15) is 20.8 Å². The Bertz CT molecular complexity index is 178. The Labute approximate surface area is 108 Å². The molecule has 3 N–H and O–H groups in total. The molecule has 0 radical (unpaired) electrons. The minimum absolute atomic E-state index is 0.0781. The molecule has 0 aromatic rings. The van der Waals surface area contributed by atoms with Gasteiger partial charge in [-0.1, -0.05) is 0 Å². The number of hydrogen-bond acceptors (Lipinski definition) is 5. The topological polar surface area (TPSA) is 65.7 Å². The van der Waals surface area contributed by atoms with Crippen LogP contribution in [0, 0.1) is 0 Å². The molecule has 0 saturated carbocycles. The van der Waals surface area contributed by atoms with Crippen molar-refractivity contribution in [3.8, 4) is 0 Å². The van der Waals surface area contributed by atoms with E-state index < -0.39 is 5.91 Å². The Kier molecular flexibility index (Phi) is 10.00. The lowest BCUT2D eigenvalue weighted by atomic mass is 10.2. The first-order chi connectivity index (χ1) is 8.20. The second-order valence-electron chi connectivity index (χ2n) is 3.60. The number of hydrogen-bond donors (Lipinski definition) is 2. The summed E-state index contributed by atoms with van der Waals surface area (Å²) in [6.07, 6.45) is -0.0781. The van der Waals surface area contributed by atoms with Crippen molar-refractivity contribution in [1.82, 2.24) is 5.32 Å². The molecule has 0 heterocycles. The summed E-state index contributed by atoms with van der Waals surface area (Å²) in [4.78, 5) is 0.